The van der Waals surface area contributed by atoms with Crippen molar-refractivity contribution in [1.29, 1.82) is 0 Å². The number of nitrogens with zero attached hydrogens (tertiary/aromatic N) is 1. The van der Waals surface area contributed by atoms with E-state index in [4.69, 9.17) is 5.11 Å². The average Bonchev–Trinajstić information content (AvgIpc) is 2.13. The van der Waals surface area contributed by atoms with Crippen LogP contribution < -0.4 is 0 Å². The molecule has 1 heterocycles. The Hall–Kier alpha value is -0.410. The van der Waals surface area contributed by atoms with Gasteiger partial charge in [-0.1, -0.05) is 0 Å². The van der Waals surface area contributed by atoms with Gasteiger partial charge in [-0.25, -0.2) is 0 Å². The van der Waals surface area contributed by atoms with Gasteiger partial charge in [0.25, 0.3) is 0 Å². The number of aromatic nitrogens is 1. The van der Waals surface area contributed by atoms with Crippen LogP contribution >= 0.6 is 11.5 Å². The SMILES string of the molecule is Cc1csnc1C(C)O. The maximum atomic E-state index is 9.04. The summed E-state index contributed by atoms with van der Waals surface area (Å²) in [7, 11) is 0. The molecule has 1 atom stereocenters. The molecular formula is C6H9NOS. The number of aliphatic hydroxyl groups is 1. The highest BCUT2D eigenvalue weighted by molar-refractivity contribution is 7.03. The lowest BCUT2D eigenvalue weighted by atomic mass is 10.2. The molecule has 3 heteroatoms. The third kappa shape index (κ3) is 1.28. The monoisotopic (exact) mass is 143 g/mol. The van der Waals surface area contributed by atoms with Gasteiger partial charge in [0, 0.05) is 5.38 Å². The van der Waals surface area contributed by atoms with E-state index in [-0.39, 0.29) is 0 Å². The number of rotatable bonds is 1. The molecule has 1 N–H and O–H groups in total. The Kier molecular flexibility index (Phi) is 1.83. The van der Waals surface area contributed by atoms with Gasteiger partial charge in [-0.2, -0.15) is 4.37 Å². The fourth-order valence-electron chi connectivity index (χ4n) is 0.700. The fourth-order valence-corrected chi connectivity index (χ4v) is 1.44. The normalized spacial score (nSPS) is 13.7. The van der Waals surface area contributed by atoms with Crippen molar-refractivity contribution in [2.45, 2.75) is 20.0 Å². The predicted octanol–water partition coefficient (Wildman–Crippen LogP) is 1.50. The summed E-state index contributed by atoms with van der Waals surface area (Å²) in [6, 6.07) is 0. The highest BCUT2D eigenvalue weighted by Gasteiger charge is 2.05. The zero-order valence-electron chi connectivity index (χ0n) is 5.46. The van der Waals surface area contributed by atoms with Crippen LogP contribution in [0.3, 0.4) is 0 Å². The van der Waals surface area contributed by atoms with Crippen LogP contribution in [-0.2, 0) is 0 Å². The first kappa shape index (κ1) is 6.71. The van der Waals surface area contributed by atoms with E-state index in [2.05, 4.69) is 4.37 Å². The highest BCUT2D eigenvalue weighted by atomic mass is 32.1. The molecule has 0 bridgehead atoms. The molecule has 50 valence electrons. The van der Waals surface area contributed by atoms with Crippen molar-refractivity contribution in [2.24, 2.45) is 0 Å². The Labute approximate surface area is 58.3 Å². The minimum atomic E-state index is -0.420. The topological polar surface area (TPSA) is 33.1 Å². The predicted molar refractivity (Wildman–Crippen MR) is 37.5 cm³/mol. The molecule has 0 aliphatic carbocycles. The van der Waals surface area contributed by atoms with Crippen molar-refractivity contribution in [2.75, 3.05) is 0 Å². The zero-order valence-corrected chi connectivity index (χ0v) is 6.27. The Morgan fingerprint density at radius 2 is 2.44 bits per heavy atom. The summed E-state index contributed by atoms with van der Waals surface area (Å²) in [5.41, 5.74) is 1.88. The van der Waals surface area contributed by atoms with Gasteiger partial charge in [0.2, 0.25) is 0 Å². The zero-order chi connectivity index (χ0) is 6.85. The number of hydrogen-bond donors (Lipinski definition) is 1. The standard InChI is InChI=1S/C6H9NOS/c1-4-3-9-7-6(4)5(2)8/h3,5,8H,1-2H3. The summed E-state index contributed by atoms with van der Waals surface area (Å²) >= 11 is 1.38. The molecule has 0 saturated heterocycles. The molecule has 1 aromatic heterocycles. The van der Waals surface area contributed by atoms with E-state index in [1.165, 1.54) is 11.5 Å². The molecule has 0 saturated carbocycles. The van der Waals surface area contributed by atoms with Crippen molar-refractivity contribution in [3.8, 4) is 0 Å². The van der Waals surface area contributed by atoms with E-state index in [0.29, 0.717) is 0 Å². The second-order valence-corrected chi connectivity index (χ2v) is 2.69. The molecule has 9 heavy (non-hydrogen) atoms. The third-order valence-electron chi connectivity index (χ3n) is 1.18. The minimum Gasteiger partial charge on any atom is -0.387 e. The molecule has 1 aromatic rings. The van der Waals surface area contributed by atoms with Crippen molar-refractivity contribution >= 4 is 11.5 Å². The molecule has 0 aromatic carbocycles. The minimum absolute atomic E-state index is 0.420. The molecule has 0 radical (unpaired) electrons. The Balaban J connectivity index is 2.94. The average molecular weight is 143 g/mol. The maximum Gasteiger partial charge on any atom is 0.0945 e. The van der Waals surface area contributed by atoms with E-state index in [9.17, 15) is 0 Å². The summed E-state index contributed by atoms with van der Waals surface area (Å²) in [5, 5.41) is 11.0. The summed E-state index contributed by atoms with van der Waals surface area (Å²) in [6.07, 6.45) is -0.420. The van der Waals surface area contributed by atoms with E-state index in [1.54, 1.807) is 6.92 Å². The van der Waals surface area contributed by atoms with Gasteiger partial charge in [0.05, 0.1) is 11.8 Å². The van der Waals surface area contributed by atoms with Crippen LogP contribution in [0.5, 0.6) is 0 Å². The molecule has 0 aliphatic heterocycles. The second kappa shape index (κ2) is 2.45. The quantitative estimate of drug-likeness (QED) is 0.646. The van der Waals surface area contributed by atoms with Crippen LogP contribution in [0.2, 0.25) is 0 Å². The van der Waals surface area contributed by atoms with E-state index < -0.39 is 6.10 Å². The largest absolute Gasteiger partial charge is 0.387 e. The number of aryl methyl sites for hydroxylation is 1. The lowest BCUT2D eigenvalue weighted by Gasteiger charge is -1.98. The van der Waals surface area contributed by atoms with Crippen molar-refractivity contribution in [3.05, 3.63) is 16.6 Å². The summed E-state index contributed by atoms with van der Waals surface area (Å²) in [5.74, 6) is 0. The van der Waals surface area contributed by atoms with Crippen molar-refractivity contribution in [1.82, 2.24) is 4.37 Å². The Morgan fingerprint density at radius 1 is 1.78 bits per heavy atom. The van der Waals surface area contributed by atoms with Crippen LogP contribution in [0.15, 0.2) is 5.38 Å². The van der Waals surface area contributed by atoms with Crippen LogP contribution in [0, 0.1) is 6.92 Å². The molecule has 0 aliphatic rings. The molecule has 2 nitrogen and oxygen atoms in total. The molecule has 0 amide bonds. The van der Waals surface area contributed by atoms with Gasteiger partial charge in [-0.15, -0.1) is 0 Å². The van der Waals surface area contributed by atoms with E-state index in [1.807, 2.05) is 12.3 Å². The molecule has 0 spiro atoms. The molecule has 1 unspecified atom stereocenters. The van der Waals surface area contributed by atoms with Crippen molar-refractivity contribution < 1.29 is 5.11 Å². The Morgan fingerprint density at radius 3 is 2.67 bits per heavy atom. The second-order valence-electron chi connectivity index (χ2n) is 2.06. The maximum absolute atomic E-state index is 9.04. The molecule has 0 fully saturated rings. The summed E-state index contributed by atoms with van der Waals surface area (Å²) in [6.45, 7) is 3.67. The van der Waals surface area contributed by atoms with Crippen LogP contribution in [-0.4, -0.2) is 9.48 Å². The van der Waals surface area contributed by atoms with Gasteiger partial charge >= 0.3 is 0 Å². The molecular weight excluding hydrogens is 134 g/mol. The van der Waals surface area contributed by atoms with Crippen LogP contribution in [0.25, 0.3) is 0 Å². The summed E-state index contributed by atoms with van der Waals surface area (Å²) < 4.78 is 4.01. The van der Waals surface area contributed by atoms with Gasteiger partial charge in [-0.3, -0.25) is 0 Å². The fraction of sp³-hybridized carbons (Fsp3) is 0.500. The highest BCUT2D eigenvalue weighted by Crippen LogP contribution is 2.16. The lowest BCUT2D eigenvalue weighted by Crippen LogP contribution is -1.92. The number of hydrogen-bond acceptors (Lipinski definition) is 3. The van der Waals surface area contributed by atoms with Crippen LogP contribution in [0.4, 0.5) is 0 Å². The van der Waals surface area contributed by atoms with E-state index in [0.717, 1.165) is 11.3 Å². The summed E-state index contributed by atoms with van der Waals surface area (Å²) in [4.78, 5) is 0. The Bertz CT molecular complexity index is 195. The number of aliphatic hydroxyl groups excluding tert-OH is 1. The van der Waals surface area contributed by atoms with E-state index >= 15 is 0 Å². The first-order valence-corrected chi connectivity index (χ1v) is 3.64. The first-order valence-electron chi connectivity index (χ1n) is 2.80. The first-order chi connectivity index (χ1) is 4.22. The molecule has 1 rings (SSSR count). The lowest BCUT2D eigenvalue weighted by molar-refractivity contribution is 0.195. The smallest absolute Gasteiger partial charge is 0.0945 e. The third-order valence-corrected chi connectivity index (χ3v) is 1.94. The van der Waals surface area contributed by atoms with Crippen LogP contribution in [0.1, 0.15) is 24.3 Å². The van der Waals surface area contributed by atoms with Gasteiger partial charge in [-0.05, 0) is 30.9 Å². The van der Waals surface area contributed by atoms with Gasteiger partial charge < -0.3 is 5.11 Å². The van der Waals surface area contributed by atoms with Gasteiger partial charge in [0.1, 0.15) is 0 Å². The van der Waals surface area contributed by atoms with Gasteiger partial charge in [0.15, 0.2) is 0 Å². The van der Waals surface area contributed by atoms with Crippen molar-refractivity contribution in [3.63, 3.8) is 0 Å².